The minimum absolute atomic E-state index is 0.00152. The van der Waals surface area contributed by atoms with Crippen LogP contribution >= 0.6 is 11.3 Å². The van der Waals surface area contributed by atoms with E-state index in [4.69, 9.17) is 4.42 Å². The van der Waals surface area contributed by atoms with Crippen LogP contribution in [0.1, 0.15) is 12.3 Å². The molecule has 0 aliphatic heterocycles. The van der Waals surface area contributed by atoms with Crippen LogP contribution < -0.4 is 10.6 Å². The van der Waals surface area contributed by atoms with Crippen molar-refractivity contribution in [2.75, 3.05) is 18.4 Å². The number of benzene rings is 1. The Kier molecular flexibility index (Phi) is 6.10. The topological polar surface area (TPSA) is 123 Å². The first-order chi connectivity index (χ1) is 13.1. The van der Waals surface area contributed by atoms with Crippen molar-refractivity contribution in [2.45, 2.75) is 12.8 Å². The predicted molar refractivity (Wildman–Crippen MR) is 101 cm³/mol. The van der Waals surface area contributed by atoms with E-state index >= 15 is 0 Å². The van der Waals surface area contributed by atoms with Crippen molar-refractivity contribution >= 4 is 28.6 Å². The second kappa shape index (κ2) is 8.90. The highest BCUT2D eigenvalue weighted by Crippen LogP contribution is 2.22. The fourth-order valence-electron chi connectivity index (χ4n) is 2.35. The van der Waals surface area contributed by atoms with E-state index in [2.05, 4.69) is 20.8 Å². The molecule has 140 valence electrons. The zero-order valence-corrected chi connectivity index (χ0v) is 15.1. The molecule has 0 aliphatic carbocycles. The lowest BCUT2D eigenvalue weighted by Crippen LogP contribution is -2.29. The number of thiophene rings is 1. The number of nitro benzene ring substituents is 1. The number of aromatic nitrogens is 2. The lowest BCUT2D eigenvalue weighted by atomic mass is 10.2. The second-order valence-corrected chi connectivity index (χ2v) is 6.34. The summed E-state index contributed by atoms with van der Waals surface area (Å²) in [7, 11) is 0. The third kappa shape index (κ3) is 5.11. The van der Waals surface area contributed by atoms with Gasteiger partial charge in [-0.1, -0.05) is 12.1 Å². The number of hydrogen-bond acceptors (Lipinski definition) is 8. The van der Waals surface area contributed by atoms with Crippen LogP contribution in [0.3, 0.4) is 0 Å². The SMILES string of the molecule is O=C(CCc1nnc(-c2ccsc2)o1)NCCNc1ccccc1[N+](=O)[O-]. The van der Waals surface area contributed by atoms with Gasteiger partial charge in [0.1, 0.15) is 5.69 Å². The van der Waals surface area contributed by atoms with E-state index in [1.165, 1.54) is 17.4 Å². The van der Waals surface area contributed by atoms with Gasteiger partial charge in [0.2, 0.25) is 17.7 Å². The number of aryl methyl sites for hydroxylation is 1. The zero-order valence-electron chi connectivity index (χ0n) is 14.3. The molecule has 0 atom stereocenters. The van der Waals surface area contributed by atoms with Crippen LogP contribution in [-0.2, 0) is 11.2 Å². The van der Waals surface area contributed by atoms with E-state index in [1.807, 2.05) is 16.8 Å². The van der Waals surface area contributed by atoms with Gasteiger partial charge in [-0.25, -0.2) is 0 Å². The lowest BCUT2D eigenvalue weighted by Gasteiger charge is -2.08. The van der Waals surface area contributed by atoms with Gasteiger partial charge in [-0.2, -0.15) is 11.3 Å². The summed E-state index contributed by atoms with van der Waals surface area (Å²) in [6, 6.07) is 8.25. The maximum Gasteiger partial charge on any atom is 0.292 e. The van der Waals surface area contributed by atoms with E-state index < -0.39 is 4.92 Å². The molecule has 1 amide bonds. The summed E-state index contributed by atoms with van der Waals surface area (Å²) in [4.78, 5) is 22.4. The summed E-state index contributed by atoms with van der Waals surface area (Å²) in [6.45, 7) is 0.717. The summed E-state index contributed by atoms with van der Waals surface area (Å²) < 4.78 is 5.53. The van der Waals surface area contributed by atoms with Crippen molar-refractivity contribution in [3.8, 4) is 11.5 Å². The van der Waals surface area contributed by atoms with Crippen LogP contribution in [0.5, 0.6) is 0 Å². The molecule has 0 saturated heterocycles. The minimum Gasteiger partial charge on any atom is -0.421 e. The van der Waals surface area contributed by atoms with E-state index in [-0.39, 0.29) is 18.0 Å². The fourth-order valence-corrected chi connectivity index (χ4v) is 2.98. The molecule has 0 fully saturated rings. The molecule has 2 N–H and O–H groups in total. The Morgan fingerprint density at radius 3 is 2.85 bits per heavy atom. The fraction of sp³-hybridized carbons (Fsp3) is 0.235. The molecular weight excluding hydrogens is 370 g/mol. The molecule has 3 rings (SSSR count). The number of para-hydroxylation sites is 2. The van der Waals surface area contributed by atoms with Crippen LogP contribution in [0.15, 0.2) is 45.5 Å². The maximum absolute atomic E-state index is 11.9. The highest BCUT2D eigenvalue weighted by Gasteiger charge is 2.12. The number of hydrogen-bond donors (Lipinski definition) is 2. The molecule has 1 aromatic carbocycles. The minimum atomic E-state index is -0.449. The third-order valence-electron chi connectivity index (χ3n) is 3.66. The molecule has 10 heteroatoms. The van der Waals surface area contributed by atoms with Crippen molar-refractivity contribution in [3.63, 3.8) is 0 Å². The highest BCUT2D eigenvalue weighted by molar-refractivity contribution is 7.08. The summed E-state index contributed by atoms with van der Waals surface area (Å²) in [5, 5.41) is 28.4. The second-order valence-electron chi connectivity index (χ2n) is 5.56. The molecule has 0 unspecified atom stereocenters. The Hall–Kier alpha value is -3.27. The number of anilines is 1. The smallest absolute Gasteiger partial charge is 0.292 e. The van der Waals surface area contributed by atoms with E-state index in [1.54, 1.807) is 18.2 Å². The monoisotopic (exact) mass is 387 g/mol. The van der Waals surface area contributed by atoms with E-state index in [0.717, 1.165) is 5.56 Å². The molecule has 2 aromatic heterocycles. The van der Waals surface area contributed by atoms with Crippen molar-refractivity contribution in [3.05, 3.63) is 57.1 Å². The standard InChI is InChI=1S/C17H17N5O4S/c23-15(5-6-16-20-21-17(26-16)12-7-10-27-11-12)19-9-8-18-13-3-1-2-4-14(13)22(24)25/h1-4,7,10-11,18H,5-6,8-9H2,(H,19,23). The molecule has 0 spiro atoms. The van der Waals surface area contributed by atoms with Crippen LogP contribution in [0.2, 0.25) is 0 Å². The average Bonchev–Trinajstić information content (AvgIpc) is 3.35. The van der Waals surface area contributed by atoms with Gasteiger partial charge < -0.3 is 15.1 Å². The number of rotatable bonds is 9. The number of nitro groups is 1. The lowest BCUT2D eigenvalue weighted by molar-refractivity contribution is -0.384. The molecule has 0 bridgehead atoms. The van der Waals surface area contributed by atoms with Crippen molar-refractivity contribution in [1.82, 2.24) is 15.5 Å². The summed E-state index contributed by atoms with van der Waals surface area (Å²) in [6.07, 6.45) is 0.567. The first-order valence-corrected chi connectivity index (χ1v) is 9.16. The molecular formula is C17H17N5O4S. The van der Waals surface area contributed by atoms with Gasteiger partial charge in [-0.3, -0.25) is 14.9 Å². The Labute approximate surface area is 158 Å². The molecule has 0 aliphatic rings. The quantitative estimate of drug-likeness (QED) is 0.329. The van der Waals surface area contributed by atoms with Crippen molar-refractivity contribution < 1.29 is 14.1 Å². The average molecular weight is 387 g/mol. The summed E-state index contributed by atoms with van der Waals surface area (Å²) in [5.41, 5.74) is 1.29. The Bertz CT molecular complexity index is 910. The number of carbonyl (C=O) groups is 1. The van der Waals surface area contributed by atoms with Gasteiger partial charge in [0.15, 0.2) is 0 Å². The van der Waals surface area contributed by atoms with Gasteiger partial charge in [0, 0.05) is 42.9 Å². The zero-order chi connectivity index (χ0) is 19.1. The molecule has 0 saturated carbocycles. The molecule has 27 heavy (non-hydrogen) atoms. The van der Waals surface area contributed by atoms with Gasteiger partial charge in [-0.05, 0) is 17.5 Å². The Morgan fingerprint density at radius 2 is 2.07 bits per heavy atom. The van der Waals surface area contributed by atoms with Gasteiger partial charge in [-0.15, -0.1) is 10.2 Å². The van der Waals surface area contributed by atoms with E-state index in [0.29, 0.717) is 37.0 Å². The summed E-state index contributed by atoms with van der Waals surface area (Å²) >= 11 is 1.54. The normalized spacial score (nSPS) is 10.5. The van der Waals surface area contributed by atoms with Crippen molar-refractivity contribution in [2.24, 2.45) is 0 Å². The molecule has 0 radical (unpaired) electrons. The first kappa shape index (κ1) is 18.5. The number of nitrogens with one attached hydrogen (secondary N) is 2. The van der Waals surface area contributed by atoms with Gasteiger partial charge in [0.05, 0.1) is 4.92 Å². The van der Waals surface area contributed by atoms with Crippen molar-refractivity contribution in [1.29, 1.82) is 0 Å². The first-order valence-electron chi connectivity index (χ1n) is 8.22. The van der Waals surface area contributed by atoms with Crippen LogP contribution in [0.4, 0.5) is 11.4 Å². The number of nitrogens with zero attached hydrogens (tertiary/aromatic N) is 3. The summed E-state index contributed by atoms with van der Waals surface area (Å²) in [5.74, 6) is 0.694. The number of carbonyl (C=O) groups excluding carboxylic acids is 1. The molecule has 9 nitrogen and oxygen atoms in total. The van der Waals surface area contributed by atoms with Crippen LogP contribution in [-0.4, -0.2) is 34.1 Å². The molecule has 2 heterocycles. The van der Waals surface area contributed by atoms with Crippen LogP contribution in [0.25, 0.3) is 11.5 Å². The largest absolute Gasteiger partial charge is 0.421 e. The predicted octanol–water partition coefficient (Wildman–Crippen LogP) is 2.87. The van der Waals surface area contributed by atoms with Crippen LogP contribution in [0, 0.1) is 10.1 Å². The van der Waals surface area contributed by atoms with Gasteiger partial charge in [0.25, 0.3) is 5.69 Å². The highest BCUT2D eigenvalue weighted by atomic mass is 32.1. The maximum atomic E-state index is 11.9. The number of amides is 1. The molecule has 3 aromatic rings. The Morgan fingerprint density at radius 1 is 1.22 bits per heavy atom. The van der Waals surface area contributed by atoms with E-state index in [9.17, 15) is 14.9 Å². The third-order valence-corrected chi connectivity index (χ3v) is 4.35. The van der Waals surface area contributed by atoms with Gasteiger partial charge >= 0.3 is 0 Å². The Balaban J connectivity index is 1.39.